The molecule has 2 heterocycles. The third-order valence-corrected chi connectivity index (χ3v) is 6.87. The van der Waals surface area contributed by atoms with E-state index >= 15 is 0 Å². The van der Waals surface area contributed by atoms with Crippen molar-refractivity contribution >= 4 is 0 Å². The Balaban J connectivity index is 1.76. The Morgan fingerprint density at radius 1 is 1.12 bits per heavy atom. The number of aliphatic hydroxyl groups is 1. The summed E-state index contributed by atoms with van der Waals surface area (Å²) >= 11 is 0. The number of benzene rings is 1. The quantitative estimate of drug-likeness (QED) is 0.782. The molecule has 25 heavy (non-hydrogen) atoms. The van der Waals surface area contributed by atoms with Gasteiger partial charge in [-0.3, -0.25) is 4.90 Å². The molecule has 1 aromatic rings. The summed E-state index contributed by atoms with van der Waals surface area (Å²) in [7, 11) is 0. The average molecular weight is 341 g/mol. The van der Waals surface area contributed by atoms with E-state index in [0.717, 1.165) is 18.5 Å². The zero-order chi connectivity index (χ0) is 17.7. The molecular weight excluding hydrogens is 310 g/mol. The summed E-state index contributed by atoms with van der Waals surface area (Å²) in [6.07, 6.45) is 8.47. The van der Waals surface area contributed by atoms with E-state index in [-0.39, 0.29) is 17.9 Å². The van der Waals surface area contributed by atoms with Crippen LogP contribution in [0.25, 0.3) is 0 Å². The summed E-state index contributed by atoms with van der Waals surface area (Å²) in [5.41, 5.74) is -0.0304. The van der Waals surface area contributed by atoms with Crippen LogP contribution in [0.3, 0.4) is 0 Å². The van der Waals surface area contributed by atoms with Crippen LogP contribution in [-0.4, -0.2) is 34.4 Å². The van der Waals surface area contributed by atoms with E-state index < -0.39 is 5.60 Å². The van der Waals surface area contributed by atoms with Gasteiger partial charge in [0, 0.05) is 24.4 Å². The highest BCUT2D eigenvalue weighted by molar-refractivity contribution is 5.27. The molecular formula is C22H31NO2. The maximum absolute atomic E-state index is 11.8. The van der Waals surface area contributed by atoms with Crippen LogP contribution in [0.1, 0.15) is 52.0 Å². The van der Waals surface area contributed by atoms with Gasteiger partial charge < -0.3 is 9.84 Å². The van der Waals surface area contributed by atoms with Crippen LogP contribution in [-0.2, 0) is 10.3 Å². The molecule has 136 valence electrons. The lowest BCUT2D eigenvalue weighted by Crippen LogP contribution is -2.68. The van der Waals surface area contributed by atoms with Crippen molar-refractivity contribution in [2.45, 2.75) is 69.9 Å². The molecule has 4 rings (SSSR count). The number of rotatable bonds is 1. The van der Waals surface area contributed by atoms with E-state index in [9.17, 15) is 5.11 Å². The molecule has 0 bridgehead atoms. The van der Waals surface area contributed by atoms with Gasteiger partial charge in [0.1, 0.15) is 11.8 Å². The van der Waals surface area contributed by atoms with Gasteiger partial charge in [0.25, 0.3) is 0 Å². The molecule has 3 aliphatic rings. The highest BCUT2D eigenvalue weighted by Crippen LogP contribution is 2.49. The standard InChI is InChI=1S/C22H31NO2/c1-16-11-12-18-19(15-16)25-20-22(24,17-9-5-4-6-10-17)13-7-8-14-23(20)21(18,2)3/h4-10,16,18-20,24H,11-15H2,1-3H3/t16-,18-,19-,20+,22-/m1/s1. The number of hydrogen-bond donors (Lipinski definition) is 1. The molecule has 1 saturated heterocycles. The van der Waals surface area contributed by atoms with Crippen molar-refractivity contribution in [3.8, 4) is 0 Å². The van der Waals surface area contributed by atoms with Crippen LogP contribution in [0.15, 0.2) is 42.5 Å². The lowest BCUT2D eigenvalue weighted by atomic mass is 9.69. The van der Waals surface area contributed by atoms with Crippen molar-refractivity contribution in [1.29, 1.82) is 0 Å². The first kappa shape index (κ1) is 17.3. The van der Waals surface area contributed by atoms with Crippen molar-refractivity contribution in [1.82, 2.24) is 4.90 Å². The van der Waals surface area contributed by atoms with Gasteiger partial charge in [-0.1, -0.05) is 55.8 Å². The Hall–Kier alpha value is -1.16. The van der Waals surface area contributed by atoms with Gasteiger partial charge in [0.05, 0.1) is 6.10 Å². The van der Waals surface area contributed by atoms with Crippen molar-refractivity contribution in [3.05, 3.63) is 48.0 Å². The second-order valence-corrected chi connectivity index (χ2v) is 8.82. The minimum atomic E-state index is -1.00. The average Bonchev–Trinajstić information content (AvgIpc) is 2.76. The van der Waals surface area contributed by atoms with Gasteiger partial charge in [-0.2, -0.15) is 0 Å². The largest absolute Gasteiger partial charge is 0.381 e. The maximum Gasteiger partial charge on any atom is 0.145 e. The van der Waals surface area contributed by atoms with Gasteiger partial charge in [0.2, 0.25) is 0 Å². The summed E-state index contributed by atoms with van der Waals surface area (Å²) in [5, 5.41) is 11.8. The van der Waals surface area contributed by atoms with Crippen LogP contribution in [0, 0.1) is 11.8 Å². The van der Waals surface area contributed by atoms with Gasteiger partial charge >= 0.3 is 0 Å². The van der Waals surface area contributed by atoms with E-state index in [2.05, 4.69) is 37.8 Å². The zero-order valence-corrected chi connectivity index (χ0v) is 15.7. The third kappa shape index (κ3) is 2.77. The lowest BCUT2D eigenvalue weighted by Gasteiger charge is -2.59. The minimum absolute atomic E-state index is 0.0190. The summed E-state index contributed by atoms with van der Waals surface area (Å²) in [6, 6.07) is 10.1. The molecule has 3 nitrogen and oxygen atoms in total. The number of hydrogen-bond acceptors (Lipinski definition) is 3. The molecule has 1 saturated carbocycles. The van der Waals surface area contributed by atoms with Crippen LogP contribution < -0.4 is 0 Å². The summed E-state index contributed by atoms with van der Waals surface area (Å²) in [4.78, 5) is 2.40. The zero-order valence-electron chi connectivity index (χ0n) is 15.7. The molecule has 0 aromatic heterocycles. The Kier molecular flexibility index (Phi) is 4.30. The molecule has 2 aliphatic heterocycles. The molecule has 2 fully saturated rings. The molecule has 1 aromatic carbocycles. The molecule has 0 radical (unpaired) electrons. The van der Waals surface area contributed by atoms with E-state index in [1.165, 1.54) is 12.8 Å². The SMILES string of the molecule is C[C@@H]1CC[C@@H]2[C@@H](C1)O[C@@H]1N(CC=CC[C@@]1(O)c1ccccc1)C2(C)C. The second kappa shape index (κ2) is 6.22. The van der Waals surface area contributed by atoms with Crippen LogP contribution in [0.5, 0.6) is 0 Å². The molecule has 1 N–H and O–H groups in total. The fourth-order valence-electron chi connectivity index (χ4n) is 5.28. The lowest BCUT2D eigenvalue weighted by molar-refractivity contribution is -0.285. The first-order valence-corrected chi connectivity index (χ1v) is 9.78. The van der Waals surface area contributed by atoms with Crippen molar-refractivity contribution in [2.75, 3.05) is 6.54 Å². The number of ether oxygens (including phenoxy) is 1. The third-order valence-electron chi connectivity index (χ3n) is 6.87. The molecule has 0 unspecified atom stereocenters. The molecule has 5 atom stereocenters. The highest BCUT2D eigenvalue weighted by Gasteiger charge is 2.56. The summed E-state index contributed by atoms with van der Waals surface area (Å²) in [5.74, 6) is 1.24. The Bertz CT molecular complexity index is 641. The number of fused-ring (bicyclic) bond motifs is 2. The van der Waals surface area contributed by atoms with E-state index in [4.69, 9.17) is 4.74 Å². The molecule has 1 aliphatic carbocycles. The van der Waals surface area contributed by atoms with E-state index in [1.54, 1.807) is 0 Å². The second-order valence-electron chi connectivity index (χ2n) is 8.82. The van der Waals surface area contributed by atoms with Crippen LogP contribution in [0.2, 0.25) is 0 Å². The Labute approximate surface area is 151 Å². The highest BCUT2D eigenvalue weighted by atomic mass is 16.5. The first-order valence-electron chi connectivity index (χ1n) is 9.78. The van der Waals surface area contributed by atoms with Crippen molar-refractivity contribution < 1.29 is 9.84 Å². The maximum atomic E-state index is 11.8. The molecule has 0 amide bonds. The molecule has 0 spiro atoms. The van der Waals surface area contributed by atoms with Gasteiger partial charge in [-0.15, -0.1) is 0 Å². The Morgan fingerprint density at radius 2 is 1.88 bits per heavy atom. The fourth-order valence-corrected chi connectivity index (χ4v) is 5.28. The minimum Gasteiger partial charge on any atom is -0.381 e. The smallest absolute Gasteiger partial charge is 0.145 e. The van der Waals surface area contributed by atoms with Gasteiger partial charge in [0.15, 0.2) is 0 Å². The van der Waals surface area contributed by atoms with Gasteiger partial charge in [-0.05, 0) is 38.2 Å². The van der Waals surface area contributed by atoms with Crippen LogP contribution in [0.4, 0.5) is 0 Å². The van der Waals surface area contributed by atoms with Crippen LogP contribution >= 0.6 is 0 Å². The summed E-state index contributed by atoms with van der Waals surface area (Å²) in [6.45, 7) is 7.87. The topological polar surface area (TPSA) is 32.7 Å². The monoisotopic (exact) mass is 341 g/mol. The fraction of sp³-hybridized carbons (Fsp3) is 0.636. The van der Waals surface area contributed by atoms with Crippen molar-refractivity contribution in [2.24, 2.45) is 11.8 Å². The van der Waals surface area contributed by atoms with Crippen molar-refractivity contribution in [3.63, 3.8) is 0 Å². The van der Waals surface area contributed by atoms with E-state index in [1.807, 2.05) is 30.3 Å². The predicted octanol–water partition coefficient (Wildman–Crippen LogP) is 4.08. The summed E-state index contributed by atoms with van der Waals surface area (Å²) < 4.78 is 6.69. The predicted molar refractivity (Wildman–Crippen MR) is 100 cm³/mol. The van der Waals surface area contributed by atoms with Gasteiger partial charge in [-0.25, -0.2) is 0 Å². The van der Waals surface area contributed by atoms with E-state index in [0.29, 0.717) is 18.3 Å². The normalized spacial score (nSPS) is 40.8. The Morgan fingerprint density at radius 3 is 2.64 bits per heavy atom. The number of nitrogens with zero attached hydrogens (tertiary/aromatic N) is 1. The first-order chi connectivity index (χ1) is 11.9. The molecule has 3 heteroatoms.